The van der Waals surface area contributed by atoms with Gasteiger partial charge in [-0.1, -0.05) is 11.6 Å². The van der Waals surface area contributed by atoms with Crippen LogP contribution in [0.15, 0.2) is 36.7 Å². The molecule has 110 valence electrons. The van der Waals surface area contributed by atoms with Gasteiger partial charge in [0.2, 0.25) is 0 Å². The number of pyridine rings is 1. The van der Waals surface area contributed by atoms with Crippen LogP contribution in [-0.4, -0.2) is 10.9 Å². The molecule has 0 unspecified atom stereocenters. The van der Waals surface area contributed by atoms with Crippen LogP contribution in [0.1, 0.15) is 15.9 Å². The zero-order valence-corrected chi connectivity index (χ0v) is 11.0. The molecule has 2 rings (SSSR count). The van der Waals surface area contributed by atoms with E-state index in [1.807, 2.05) is 0 Å². The largest absolute Gasteiger partial charge is 0.417 e. The Bertz CT molecular complexity index is 688. The molecule has 0 aliphatic heterocycles. The fourth-order valence-corrected chi connectivity index (χ4v) is 1.80. The third kappa shape index (κ3) is 3.49. The SMILES string of the molecule is O=C(Nc1ccc(Cl)c(C(F)(F)F)c1)c1ccncc1F. The molecule has 0 aliphatic rings. The van der Waals surface area contributed by atoms with E-state index in [1.165, 1.54) is 12.3 Å². The monoisotopic (exact) mass is 318 g/mol. The molecule has 1 aromatic heterocycles. The van der Waals surface area contributed by atoms with Crippen molar-refractivity contribution in [3.8, 4) is 0 Å². The van der Waals surface area contributed by atoms with Crippen LogP contribution in [0.3, 0.4) is 0 Å². The van der Waals surface area contributed by atoms with Gasteiger partial charge in [0.25, 0.3) is 5.91 Å². The van der Waals surface area contributed by atoms with E-state index in [4.69, 9.17) is 11.6 Å². The molecule has 0 bridgehead atoms. The lowest BCUT2D eigenvalue weighted by atomic mass is 10.1. The van der Waals surface area contributed by atoms with Gasteiger partial charge in [-0.2, -0.15) is 13.2 Å². The summed E-state index contributed by atoms with van der Waals surface area (Å²) in [6, 6.07) is 3.99. The van der Waals surface area contributed by atoms with Gasteiger partial charge in [-0.05, 0) is 24.3 Å². The van der Waals surface area contributed by atoms with Gasteiger partial charge in [0.15, 0.2) is 5.82 Å². The molecule has 2 aromatic rings. The Morgan fingerprint density at radius 3 is 2.57 bits per heavy atom. The number of carbonyl (C=O) groups excluding carboxylic acids is 1. The maximum Gasteiger partial charge on any atom is 0.417 e. The summed E-state index contributed by atoms with van der Waals surface area (Å²) in [7, 11) is 0. The van der Waals surface area contributed by atoms with Gasteiger partial charge in [-0.15, -0.1) is 0 Å². The number of amides is 1. The van der Waals surface area contributed by atoms with Crippen molar-refractivity contribution in [2.24, 2.45) is 0 Å². The van der Waals surface area contributed by atoms with Crippen LogP contribution >= 0.6 is 11.6 Å². The Kier molecular flexibility index (Phi) is 4.13. The summed E-state index contributed by atoms with van der Waals surface area (Å²) in [5, 5.41) is 1.68. The smallest absolute Gasteiger partial charge is 0.322 e. The van der Waals surface area contributed by atoms with Crippen molar-refractivity contribution >= 4 is 23.2 Å². The molecule has 1 heterocycles. The molecule has 0 spiro atoms. The molecule has 3 nitrogen and oxygen atoms in total. The van der Waals surface area contributed by atoms with Gasteiger partial charge in [-0.3, -0.25) is 9.78 Å². The van der Waals surface area contributed by atoms with Crippen LogP contribution in [-0.2, 0) is 6.18 Å². The van der Waals surface area contributed by atoms with Gasteiger partial charge in [0.05, 0.1) is 22.3 Å². The van der Waals surface area contributed by atoms with Gasteiger partial charge in [-0.25, -0.2) is 4.39 Å². The van der Waals surface area contributed by atoms with E-state index in [2.05, 4.69) is 10.3 Å². The highest BCUT2D eigenvalue weighted by molar-refractivity contribution is 6.31. The third-order valence-corrected chi connectivity index (χ3v) is 2.88. The maximum absolute atomic E-state index is 13.4. The van der Waals surface area contributed by atoms with Crippen LogP contribution < -0.4 is 5.32 Å². The van der Waals surface area contributed by atoms with Crippen molar-refractivity contribution in [2.45, 2.75) is 6.18 Å². The first-order valence-electron chi connectivity index (χ1n) is 5.56. The molecule has 1 aromatic carbocycles. The Labute approximate surface area is 121 Å². The summed E-state index contributed by atoms with van der Waals surface area (Å²) in [6.07, 6.45) is -2.63. The summed E-state index contributed by atoms with van der Waals surface area (Å²) >= 11 is 5.46. The zero-order chi connectivity index (χ0) is 15.6. The first-order valence-corrected chi connectivity index (χ1v) is 5.94. The fraction of sp³-hybridized carbons (Fsp3) is 0.0769. The van der Waals surface area contributed by atoms with Crippen molar-refractivity contribution in [2.75, 3.05) is 5.32 Å². The molecule has 0 saturated heterocycles. The highest BCUT2D eigenvalue weighted by atomic mass is 35.5. The minimum atomic E-state index is -4.65. The molecule has 0 aliphatic carbocycles. The number of nitrogens with one attached hydrogen (secondary N) is 1. The van der Waals surface area contributed by atoms with E-state index in [0.29, 0.717) is 6.07 Å². The summed E-state index contributed by atoms with van der Waals surface area (Å²) < 4.78 is 51.4. The average Bonchev–Trinajstić information content (AvgIpc) is 2.40. The molecule has 1 amide bonds. The molecular formula is C13H7ClF4N2O. The minimum absolute atomic E-state index is 0.145. The number of aromatic nitrogens is 1. The topological polar surface area (TPSA) is 42.0 Å². The second kappa shape index (κ2) is 5.69. The first-order chi connectivity index (χ1) is 9.79. The molecule has 21 heavy (non-hydrogen) atoms. The lowest BCUT2D eigenvalue weighted by Gasteiger charge is -2.12. The quantitative estimate of drug-likeness (QED) is 0.845. The third-order valence-electron chi connectivity index (χ3n) is 2.55. The van der Waals surface area contributed by atoms with E-state index in [0.717, 1.165) is 18.3 Å². The lowest BCUT2D eigenvalue weighted by Crippen LogP contribution is -2.15. The van der Waals surface area contributed by atoms with Gasteiger partial charge in [0, 0.05) is 11.9 Å². The summed E-state index contributed by atoms with van der Waals surface area (Å²) in [5.74, 6) is -1.76. The van der Waals surface area contributed by atoms with Crippen molar-refractivity contribution in [3.63, 3.8) is 0 Å². The van der Waals surface area contributed by atoms with E-state index in [1.54, 1.807) is 0 Å². The number of alkyl halides is 3. The average molecular weight is 319 g/mol. The van der Waals surface area contributed by atoms with Crippen molar-refractivity contribution < 1.29 is 22.4 Å². The van der Waals surface area contributed by atoms with E-state index >= 15 is 0 Å². The number of carbonyl (C=O) groups is 1. The van der Waals surface area contributed by atoms with Crippen molar-refractivity contribution in [1.82, 2.24) is 4.98 Å². The predicted molar refractivity (Wildman–Crippen MR) is 68.6 cm³/mol. The summed E-state index contributed by atoms with van der Waals surface area (Å²) in [5.41, 5.74) is -1.56. The van der Waals surface area contributed by atoms with E-state index < -0.39 is 28.5 Å². The molecular weight excluding hydrogens is 312 g/mol. The molecule has 0 atom stereocenters. The van der Waals surface area contributed by atoms with Crippen molar-refractivity contribution in [1.29, 1.82) is 0 Å². The van der Waals surface area contributed by atoms with Gasteiger partial charge < -0.3 is 5.32 Å². The summed E-state index contributed by atoms with van der Waals surface area (Å²) in [6.45, 7) is 0. The van der Waals surface area contributed by atoms with Gasteiger partial charge in [0.1, 0.15) is 0 Å². The fourth-order valence-electron chi connectivity index (χ4n) is 1.58. The lowest BCUT2D eigenvalue weighted by molar-refractivity contribution is -0.137. The van der Waals surface area contributed by atoms with E-state index in [9.17, 15) is 22.4 Å². The highest BCUT2D eigenvalue weighted by Crippen LogP contribution is 2.36. The Morgan fingerprint density at radius 2 is 1.95 bits per heavy atom. The van der Waals surface area contributed by atoms with Gasteiger partial charge >= 0.3 is 6.18 Å². The molecule has 0 radical (unpaired) electrons. The second-order valence-electron chi connectivity index (χ2n) is 4.00. The molecule has 0 saturated carbocycles. The Balaban J connectivity index is 2.29. The number of hydrogen-bond acceptors (Lipinski definition) is 2. The van der Waals surface area contributed by atoms with Crippen LogP contribution in [0.25, 0.3) is 0 Å². The minimum Gasteiger partial charge on any atom is -0.322 e. The Hall–Kier alpha value is -2.15. The number of rotatable bonds is 2. The highest BCUT2D eigenvalue weighted by Gasteiger charge is 2.33. The maximum atomic E-state index is 13.4. The standard InChI is InChI=1S/C13H7ClF4N2O/c14-10-2-1-7(5-9(10)13(16,17)18)20-12(21)8-3-4-19-6-11(8)15/h1-6H,(H,20,21). The number of halogens is 5. The number of nitrogens with zero attached hydrogens (tertiary/aromatic N) is 1. The van der Waals surface area contributed by atoms with Crippen LogP contribution in [0, 0.1) is 5.82 Å². The molecule has 8 heteroatoms. The predicted octanol–water partition coefficient (Wildman–Crippen LogP) is 4.15. The normalized spacial score (nSPS) is 11.3. The van der Waals surface area contributed by atoms with Crippen LogP contribution in [0.5, 0.6) is 0 Å². The molecule has 1 N–H and O–H groups in total. The number of anilines is 1. The van der Waals surface area contributed by atoms with Crippen LogP contribution in [0.4, 0.5) is 23.2 Å². The second-order valence-corrected chi connectivity index (χ2v) is 4.41. The zero-order valence-electron chi connectivity index (χ0n) is 10.2. The summed E-state index contributed by atoms with van der Waals surface area (Å²) in [4.78, 5) is 15.3. The molecule has 0 fully saturated rings. The van der Waals surface area contributed by atoms with Crippen LogP contribution in [0.2, 0.25) is 5.02 Å². The number of benzene rings is 1. The first kappa shape index (κ1) is 15.2. The van der Waals surface area contributed by atoms with Crippen molar-refractivity contribution in [3.05, 3.63) is 58.6 Å². The Morgan fingerprint density at radius 1 is 1.24 bits per heavy atom. The number of hydrogen-bond donors (Lipinski definition) is 1. The van der Waals surface area contributed by atoms with E-state index in [-0.39, 0.29) is 11.3 Å².